The maximum atomic E-state index is 6.07. The van der Waals surface area contributed by atoms with Crippen LogP contribution in [0.2, 0.25) is 0 Å². The van der Waals surface area contributed by atoms with E-state index in [-0.39, 0.29) is 0 Å². The number of rotatable bonds is 10. The Labute approximate surface area is 187 Å². The summed E-state index contributed by atoms with van der Waals surface area (Å²) in [5.41, 5.74) is 11.6. The molecule has 0 atom stereocenters. The molecular formula is C28H35NO2. The number of nitrogens with two attached hydrogens (primary N) is 1. The first-order chi connectivity index (χ1) is 14.9. The first kappa shape index (κ1) is 22.7. The van der Waals surface area contributed by atoms with Crippen molar-refractivity contribution in [1.82, 2.24) is 0 Å². The lowest BCUT2D eigenvalue weighted by Gasteiger charge is -2.14. The van der Waals surface area contributed by atoms with Gasteiger partial charge in [-0.05, 0) is 59.1 Å². The first-order valence-electron chi connectivity index (χ1n) is 11.2. The Morgan fingerprint density at radius 1 is 0.581 bits per heavy atom. The number of anilines is 1. The van der Waals surface area contributed by atoms with Crippen molar-refractivity contribution in [3.8, 4) is 11.5 Å². The highest BCUT2D eigenvalue weighted by molar-refractivity contribution is 5.52. The molecule has 0 amide bonds. The molecule has 0 aliphatic carbocycles. The Kier molecular flexibility index (Phi) is 8.00. The summed E-state index contributed by atoms with van der Waals surface area (Å²) in [7, 11) is 0. The second-order valence-electron chi connectivity index (χ2n) is 9.11. The lowest BCUT2D eigenvalue weighted by Crippen LogP contribution is -2.02. The minimum absolute atomic E-state index is 0.478. The third-order valence-electron chi connectivity index (χ3n) is 5.09. The molecule has 0 spiro atoms. The van der Waals surface area contributed by atoms with Crippen molar-refractivity contribution >= 4 is 5.69 Å². The number of hydrogen-bond acceptors (Lipinski definition) is 3. The Morgan fingerprint density at radius 2 is 1.00 bits per heavy atom. The van der Waals surface area contributed by atoms with E-state index in [1.54, 1.807) is 0 Å². The van der Waals surface area contributed by atoms with Gasteiger partial charge >= 0.3 is 0 Å². The minimum atomic E-state index is 0.478. The van der Waals surface area contributed by atoms with Gasteiger partial charge in [-0.3, -0.25) is 0 Å². The number of hydrogen-bond donors (Lipinski definition) is 1. The molecule has 0 saturated heterocycles. The molecular weight excluding hydrogens is 382 g/mol. The lowest BCUT2D eigenvalue weighted by molar-refractivity contribution is 0.256. The molecule has 164 valence electrons. The monoisotopic (exact) mass is 417 g/mol. The fourth-order valence-corrected chi connectivity index (χ4v) is 3.56. The van der Waals surface area contributed by atoms with E-state index in [1.807, 2.05) is 18.2 Å². The van der Waals surface area contributed by atoms with E-state index < -0.39 is 0 Å². The van der Waals surface area contributed by atoms with E-state index in [9.17, 15) is 0 Å². The molecule has 31 heavy (non-hydrogen) atoms. The zero-order valence-electron chi connectivity index (χ0n) is 19.2. The van der Waals surface area contributed by atoms with Gasteiger partial charge in [-0.2, -0.15) is 0 Å². The van der Waals surface area contributed by atoms with Gasteiger partial charge < -0.3 is 15.2 Å². The smallest absolute Gasteiger partial charge is 0.163 e. The fraction of sp³-hybridized carbons (Fsp3) is 0.357. The van der Waals surface area contributed by atoms with E-state index >= 15 is 0 Å². The lowest BCUT2D eigenvalue weighted by atomic mass is 10.0. The summed E-state index contributed by atoms with van der Waals surface area (Å²) in [6, 6.07) is 22.8. The predicted octanol–water partition coefficient (Wildman–Crippen LogP) is 6.82. The summed E-state index contributed by atoms with van der Waals surface area (Å²) in [4.78, 5) is 0. The molecule has 0 fully saturated rings. The molecule has 0 heterocycles. The molecule has 2 N–H and O–H groups in total. The van der Waals surface area contributed by atoms with Crippen molar-refractivity contribution < 1.29 is 9.47 Å². The summed E-state index contributed by atoms with van der Waals surface area (Å²) in [5.74, 6) is 2.68. The topological polar surface area (TPSA) is 44.5 Å². The highest BCUT2D eigenvalue weighted by Crippen LogP contribution is 2.31. The average Bonchev–Trinajstić information content (AvgIpc) is 2.73. The molecule has 3 heteroatoms. The predicted molar refractivity (Wildman–Crippen MR) is 129 cm³/mol. The Balaban J connectivity index is 1.61. The molecule has 0 radical (unpaired) electrons. The summed E-state index contributed by atoms with van der Waals surface area (Å²) in [6.45, 7) is 9.91. The summed E-state index contributed by atoms with van der Waals surface area (Å²) in [5, 5.41) is 0. The van der Waals surface area contributed by atoms with Gasteiger partial charge in [0.25, 0.3) is 0 Å². The van der Waals surface area contributed by atoms with Crippen molar-refractivity contribution in [1.29, 1.82) is 0 Å². The van der Waals surface area contributed by atoms with Gasteiger partial charge in [0, 0.05) is 11.8 Å². The SMILES string of the molecule is CC(C)Cc1ccc(COc2ccc(N)cc2OCc2ccc(CC(C)C)cc2)cc1. The molecule has 3 aromatic rings. The van der Waals surface area contributed by atoms with Crippen LogP contribution in [0.15, 0.2) is 66.7 Å². The molecule has 0 unspecified atom stereocenters. The highest BCUT2D eigenvalue weighted by Gasteiger charge is 2.08. The Morgan fingerprint density at radius 3 is 1.45 bits per heavy atom. The van der Waals surface area contributed by atoms with Gasteiger partial charge in [-0.1, -0.05) is 76.2 Å². The molecule has 0 bridgehead atoms. The molecule has 0 aliphatic heterocycles. The maximum absolute atomic E-state index is 6.07. The van der Waals surface area contributed by atoms with Crippen LogP contribution in [0.5, 0.6) is 11.5 Å². The van der Waals surface area contributed by atoms with Crippen LogP contribution in [0, 0.1) is 11.8 Å². The second-order valence-corrected chi connectivity index (χ2v) is 9.11. The largest absolute Gasteiger partial charge is 0.485 e. The number of nitrogen functional groups attached to an aromatic ring is 1. The number of ether oxygens (including phenoxy) is 2. The van der Waals surface area contributed by atoms with Crippen LogP contribution in [-0.4, -0.2) is 0 Å². The van der Waals surface area contributed by atoms with Gasteiger partial charge in [0.1, 0.15) is 13.2 Å². The van der Waals surface area contributed by atoms with E-state index in [0.717, 1.165) is 24.0 Å². The quantitative estimate of drug-likeness (QED) is 0.368. The molecule has 0 aliphatic rings. The van der Waals surface area contributed by atoms with Gasteiger partial charge in [0.05, 0.1) is 0 Å². The normalized spacial score (nSPS) is 11.2. The van der Waals surface area contributed by atoms with E-state index in [4.69, 9.17) is 15.2 Å². The zero-order chi connectivity index (χ0) is 22.2. The van der Waals surface area contributed by atoms with Crippen LogP contribution < -0.4 is 15.2 Å². The average molecular weight is 418 g/mol. The summed E-state index contributed by atoms with van der Waals surface area (Å²) >= 11 is 0. The summed E-state index contributed by atoms with van der Waals surface area (Å²) < 4.78 is 12.1. The highest BCUT2D eigenvalue weighted by atomic mass is 16.5. The molecule has 0 aromatic heterocycles. The van der Waals surface area contributed by atoms with Crippen molar-refractivity contribution in [2.75, 3.05) is 5.73 Å². The summed E-state index contributed by atoms with van der Waals surface area (Å²) in [6.07, 6.45) is 2.18. The number of benzene rings is 3. The van der Waals surface area contributed by atoms with Crippen LogP contribution in [0.4, 0.5) is 5.69 Å². The van der Waals surface area contributed by atoms with Crippen molar-refractivity contribution in [3.05, 3.63) is 89.0 Å². The minimum Gasteiger partial charge on any atom is -0.485 e. The Bertz CT molecular complexity index is 944. The van der Waals surface area contributed by atoms with Gasteiger partial charge in [-0.25, -0.2) is 0 Å². The van der Waals surface area contributed by atoms with Crippen molar-refractivity contribution in [2.45, 2.75) is 53.8 Å². The van der Waals surface area contributed by atoms with Crippen LogP contribution in [-0.2, 0) is 26.1 Å². The van der Waals surface area contributed by atoms with E-state index in [1.165, 1.54) is 11.1 Å². The molecule has 3 rings (SSSR count). The van der Waals surface area contributed by atoms with Crippen LogP contribution in [0.1, 0.15) is 49.9 Å². The van der Waals surface area contributed by atoms with Crippen molar-refractivity contribution in [2.24, 2.45) is 11.8 Å². The third-order valence-corrected chi connectivity index (χ3v) is 5.09. The van der Waals surface area contributed by atoms with Crippen LogP contribution >= 0.6 is 0 Å². The van der Waals surface area contributed by atoms with Crippen LogP contribution in [0.25, 0.3) is 0 Å². The second kappa shape index (κ2) is 10.9. The first-order valence-corrected chi connectivity index (χ1v) is 11.2. The van der Waals surface area contributed by atoms with E-state index in [2.05, 4.69) is 76.2 Å². The van der Waals surface area contributed by atoms with Crippen molar-refractivity contribution in [3.63, 3.8) is 0 Å². The molecule has 3 aromatic carbocycles. The fourth-order valence-electron chi connectivity index (χ4n) is 3.56. The standard InChI is InChI=1S/C28H35NO2/c1-20(2)15-22-5-9-24(10-6-22)18-30-27-14-13-26(29)17-28(27)31-19-25-11-7-23(8-12-25)16-21(3)4/h5-14,17,20-21H,15-16,18-19,29H2,1-4H3. The molecule has 3 nitrogen and oxygen atoms in total. The van der Waals surface area contributed by atoms with Gasteiger partial charge in [-0.15, -0.1) is 0 Å². The van der Waals surface area contributed by atoms with E-state index in [0.29, 0.717) is 42.2 Å². The van der Waals surface area contributed by atoms with Gasteiger partial charge in [0.15, 0.2) is 11.5 Å². The zero-order valence-corrected chi connectivity index (χ0v) is 19.2. The maximum Gasteiger partial charge on any atom is 0.163 e. The molecule has 0 saturated carbocycles. The van der Waals surface area contributed by atoms with Crippen LogP contribution in [0.3, 0.4) is 0 Å². The third kappa shape index (κ3) is 7.36. The Hall–Kier alpha value is -2.94. The van der Waals surface area contributed by atoms with Gasteiger partial charge in [0.2, 0.25) is 0 Å².